The fraction of sp³-hybridized carbons (Fsp3) is 0.357. The summed E-state index contributed by atoms with van der Waals surface area (Å²) in [5.41, 5.74) is 1.64. The maximum atomic E-state index is 10.8. The lowest BCUT2D eigenvalue weighted by atomic mass is 9.99. The van der Waals surface area contributed by atoms with Crippen molar-refractivity contribution in [2.45, 2.75) is 25.6 Å². The number of fused-ring (bicyclic) bond motifs is 1. The SMILES string of the molecule is CC(=O)SCCC(O)C(O)c1cccc2[nH]ccc12. The minimum atomic E-state index is -0.938. The van der Waals surface area contributed by atoms with Gasteiger partial charge in [-0.2, -0.15) is 0 Å². The van der Waals surface area contributed by atoms with E-state index < -0.39 is 12.2 Å². The van der Waals surface area contributed by atoms with Crippen LogP contribution in [0.3, 0.4) is 0 Å². The first-order valence-electron chi connectivity index (χ1n) is 6.15. The summed E-state index contributed by atoms with van der Waals surface area (Å²) in [7, 11) is 0. The van der Waals surface area contributed by atoms with Gasteiger partial charge in [0, 0.05) is 29.8 Å². The third-order valence-corrected chi connectivity index (χ3v) is 3.88. The number of H-pyrrole nitrogens is 1. The Balaban J connectivity index is 2.08. The van der Waals surface area contributed by atoms with Gasteiger partial charge in [0.2, 0.25) is 0 Å². The summed E-state index contributed by atoms with van der Waals surface area (Å²) >= 11 is 1.16. The zero-order chi connectivity index (χ0) is 13.8. The van der Waals surface area contributed by atoms with Crippen molar-refractivity contribution in [2.24, 2.45) is 0 Å². The average Bonchev–Trinajstić information content (AvgIpc) is 2.85. The van der Waals surface area contributed by atoms with E-state index in [0.29, 0.717) is 17.7 Å². The van der Waals surface area contributed by atoms with Gasteiger partial charge in [0.05, 0.1) is 6.10 Å². The molecule has 4 nitrogen and oxygen atoms in total. The molecule has 0 aliphatic rings. The van der Waals surface area contributed by atoms with Crippen LogP contribution in [0.4, 0.5) is 0 Å². The number of carbonyl (C=O) groups excluding carboxylic acids is 1. The Labute approximate surface area is 115 Å². The summed E-state index contributed by atoms with van der Waals surface area (Å²) in [6, 6.07) is 7.45. The highest BCUT2D eigenvalue weighted by Crippen LogP contribution is 2.27. The van der Waals surface area contributed by atoms with Gasteiger partial charge in [-0.1, -0.05) is 23.9 Å². The quantitative estimate of drug-likeness (QED) is 0.784. The number of rotatable bonds is 5. The molecule has 1 aromatic carbocycles. The minimum absolute atomic E-state index is 0.0226. The molecule has 0 radical (unpaired) electrons. The molecule has 3 N–H and O–H groups in total. The average molecular weight is 279 g/mol. The number of hydrogen-bond donors (Lipinski definition) is 3. The summed E-state index contributed by atoms with van der Waals surface area (Å²) in [5.74, 6) is 0.511. The second-order valence-electron chi connectivity index (χ2n) is 4.43. The first-order valence-corrected chi connectivity index (χ1v) is 7.13. The number of thioether (sulfide) groups is 1. The van der Waals surface area contributed by atoms with E-state index in [0.717, 1.165) is 22.7 Å². The third-order valence-electron chi connectivity index (χ3n) is 3.03. The van der Waals surface area contributed by atoms with Crippen LogP contribution < -0.4 is 0 Å². The summed E-state index contributed by atoms with van der Waals surface area (Å²) < 4.78 is 0. The van der Waals surface area contributed by atoms with Gasteiger partial charge in [-0.05, 0) is 24.1 Å². The van der Waals surface area contributed by atoms with Crippen LogP contribution in [0.5, 0.6) is 0 Å². The Bertz CT molecular complexity index is 567. The molecule has 0 saturated carbocycles. The Morgan fingerprint density at radius 3 is 2.89 bits per heavy atom. The lowest BCUT2D eigenvalue weighted by Gasteiger charge is -2.18. The molecule has 0 bridgehead atoms. The number of carbonyl (C=O) groups is 1. The number of aliphatic hydroxyl groups excluding tert-OH is 2. The van der Waals surface area contributed by atoms with Crippen molar-refractivity contribution in [3.05, 3.63) is 36.0 Å². The van der Waals surface area contributed by atoms with Crippen LogP contribution in [-0.2, 0) is 4.79 Å². The molecule has 2 unspecified atom stereocenters. The molecule has 0 aliphatic heterocycles. The Morgan fingerprint density at radius 2 is 2.16 bits per heavy atom. The molecule has 19 heavy (non-hydrogen) atoms. The summed E-state index contributed by atoms with van der Waals surface area (Å²) in [6.07, 6.45) is 0.380. The highest BCUT2D eigenvalue weighted by molar-refractivity contribution is 8.13. The van der Waals surface area contributed by atoms with Gasteiger partial charge in [-0.25, -0.2) is 0 Å². The van der Waals surface area contributed by atoms with E-state index in [1.54, 1.807) is 6.20 Å². The van der Waals surface area contributed by atoms with Crippen LogP contribution in [-0.4, -0.2) is 32.2 Å². The molecule has 5 heteroatoms. The molecule has 0 aliphatic carbocycles. The summed E-state index contributed by atoms with van der Waals surface area (Å²) in [4.78, 5) is 13.9. The third kappa shape index (κ3) is 3.37. The molecule has 0 fully saturated rings. The molecule has 1 heterocycles. The monoisotopic (exact) mass is 279 g/mol. The predicted molar refractivity (Wildman–Crippen MR) is 77.0 cm³/mol. The standard InChI is InChI=1S/C14H17NO3S/c1-9(16)19-8-6-13(17)14(18)11-3-2-4-12-10(11)5-7-15-12/h2-5,7,13-15,17-18H,6,8H2,1H3. The fourth-order valence-corrected chi connectivity index (χ4v) is 2.70. The van der Waals surface area contributed by atoms with Crippen LogP contribution in [0.15, 0.2) is 30.5 Å². The lowest BCUT2D eigenvalue weighted by Crippen LogP contribution is -2.19. The zero-order valence-corrected chi connectivity index (χ0v) is 11.5. The molecule has 2 aromatic rings. The Hall–Kier alpha value is -1.30. The van der Waals surface area contributed by atoms with Crippen LogP contribution in [0.2, 0.25) is 0 Å². The first kappa shape index (κ1) is 14.1. The van der Waals surface area contributed by atoms with Gasteiger partial charge < -0.3 is 15.2 Å². The van der Waals surface area contributed by atoms with Crippen LogP contribution >= 0.6 is 11.8 Å². The maximum Gasteiger partial charge on any atom is 0.185 e. The van der Waals surface area contributed by atoms with Crippen molar-refractivity contribution in [1.82, 2.24) is 4.98 Å². The summed E-state index contributed by atoms with van der Waals surface area (Å²) in [5, 5.41) is 21.1. The van der Waals surface area contributed by atoms with Gasteiger partial charge >= 0.3 is 0 Å². The molecule has 102 valence electrons. The van der Waals surface area contributed by atoms with E-state index >= 15 is 0 Å². The van der Waals surface area contributed by atoms with E-state index in [1.807, 2.05) is 24.3 Å². The minimum Gasteiger partial charge on any atom is -0.390 e. The zero-order valence-electron chi connectivity index (χ0n) is 10.7. The molecule has 0 saturated heterocycles. The Kier molecular flexibility index (Phi) is 4.63. The van der Waals surface area contributed by atoms with E-state index in [2.05, 4.69) is 4.98 Å². The van der Waals surface area contributed by atoms with E-state index in [1.165, 1.54) is 6.92 Å². The second kappa shape index (κ2) is 6.23. The van der Waals surface area contributed by atoms with Crippen LogP contribution in [0, 0.1) is 0 Å². The Morgan fingerprint density at radius 1 is 1.37 bits per heavy atom. The lowest BCUT2D eigenvalue weighted by molar-refractivity contribution is -0.109. The van der Waals surface area contributed by atoms with Crippen LogP contribution in [0.1, 0.15) is 25.0 Å². The normalized spacial score (nSPS) is 14.5. The number of aromatic amines is 1. The second-order valence-corrected chi connectivity index (χ2v) is 5.70. The van der Waals surface area contributed by atoms with Gasteiger partial charge in [-0.15, -0.1) is 0 Å². The number of aromatic nitrogens is 1. The molecule has 0 spiro atoms. The van der Waals surface area contributed by atoms with Gasteiger partial charge in [0.1, 0.15) is 6.10 Å². The fourth-order valence-electron chi connectivity index (χ4n) is 2.06. The highest BCUT2D eigenvalue weighted by Gasteiger charge is 2.20. The summed E-state index contributed by atoms with van der Waals surface area (Å²) in [6.45, 7) is 1.49. The molecular formula is C14H17NO3S. The van der Waals surface area contributed by atoms with Gasteiger partial charge in [0.15, 0.2) is 5.12 Å². The number of aliphatic hydroxyl groups is 2. The van der Waals surface area contributed by atoms with Gasteiger partial charge in [0.25, 0.3) is 0 Å². The van der Waals surface area contributed by atoms with Crippen molar-refractivity contribution in [3.8, 4) is 0 Å². The predicted octanol–water partition coefficient (Wildman–Crippen LogP) is 2.23. The smallest absolute Gasteiger partial charge is 0.185 e. The molecule has 2 atom stereocenters. The van der Waals surface area contributed by atoms with Crippen molar-refractivity contribution in [2.75, 3.05) is 5.75 Å². The van der Waals surface area contributed by atoms with Crippen LogP contribution in [0.25, 0.3) is 10.9 Å². The molecule has 1 aromatic heterocycles. The van der Waals surface area contributed by atoms with Crippen molar-refractivity contribution < 1.29 is 15.0 Å². The number of nitrogens with one attached hydrogen (secondary N) is 1. The molecule has 2 rings (SSSR count). The molecule has 0 amide bonds. The number of hydrogen-bond acceptors (Lipinski definition) is 4. The largest absolute Gasteiger partial charge is 0.390 e. The van der Waals surface area contributed by atoms with Crippen molar-refractivity contribution in [3.63, 3.8) is 0 Å². The number of benzene rings is 1. The van der Waals surface area contributed by atoms with E-state index in [9.17, 15) is 15.0 Å². The molecular weight excluding hydrogens is 262 g/mol. The van der Waals surface area contributed by atoms with Crippen molar-refractivity contribution in [1.29, 1.82) is 0 Å². The van der Waals surface area contributed by atoms with Crippen molar-refractivity contribution >= 4 is 27.8 Å². The highest BCUT2D eigenvalue weighted by atomic mass is 32.2. The van der Waals surface area contributed by atoms with E-state index in [-0.39, 0.29) is 5.12 Å². The van der Waals surface area contributed by atoms with Gasteiger partial charge in [-0.3, -0.25) is 4.79 Å². The van der Waals surface area contributed by atoms with E-state index in [4.69, 9.17) is 0 Å². The first-order chi connectivity index (χ1) is 9.09. The topological polar surface area (TPSA) is 73.3 Å². The maximum absolute atomic E-state index is 10.8.